The molecule has 30 heavy (non-hydrogen) atoms. The molecule has 7 nitrogen and oxygen atoms in total. The highest BCUT2D eigenvalue weighted by Crippen LogP contribution is 2.23. The number of benzene rings is 2. The van der Waals surface area contributed by atoms with Gasteiger partial charge in [0.2, 0.25) is 15.9 Å². The number of nitrogens with zero attached hydrogens (tertiary/aromatic N) is 1. The first-order valence-electron chi connectivity index (χ1n) is 9.81. The molecule has 1 amide bonds. The number of anilines is 1. The average Bonchev–Trinajstić information content (AvgIpc) is 2.73. The molecular weight excluding hydrogens is 404 g/mol. The first-order valence-corrected chi connectivity index (χ1v) is 11.4. The van der Waals surface area contributed by atoms with Gasteiger partial charge in [-0.15, -0.1) is 0 Å². The van der Waals surface area contributed by atoms with Crippen LogP contribution in [0, 0.1) is 12.8 Å². The van der Waals surface area contributed by atoms with Gasteiger partial charge in [0.05, 0.1) is 18.4 Å². The molecule has 2 aromatic rings. The van der Waals surface area contributed by atoms with Crippen molar-refractivity contribution in [2.45, 2.75) is 25.5 Å². The van der Waals surface area contributed by atoms with Crippen molar-refractivity contribution in [3.05, 3.63) is 65.2 Å². The highest BCUT2D eigenvalue weighted by atomic mass is 32.2. The van der Waals surface area contributed by atoms with Crippen molar-refractivity contribution in [1.29, 1.82) is 0 Å². The highest BCUT2D eigenvalue weighted by Gasteiger charge is 2.31. The second-order valence-electron chi connectivity index (χ2n) is 7.48. The van der Waals surface area contributed by atoms with Crippen LogP contribution in [0.25, 0.3) is 0 Å². The van der Waals surface area contributed by atoms with Crippen LogP contribution in [0.4, 0.5) is 5.69 Å². The molecule has 2 aromatic carbocycles. The molecule has 0 atom stereocenters. The third-order valence-corrected chi connectivity index (χ3v) is 7.07. The average molecular weight is 431 g/mol. The number of carbonyl (C=O) groups is 2. The molecule has 1 heterocycles. The Bertz CT molecular complexity index is 1010. The second kappa shape index (κ2) is 9.40. The van der Waals surface area contributed by atoms with E-state index in [1.54, 1.807) is 24.3 Å². The van der Waals surface area contributed by atoms with Gasteiger partial charge in [0.15, 0.2) is 0 Å². The summed E-state index contributed by atoms with van der Waals surface area (Å²) in [6.07, 6.45) is 0.943. The van der Waals surface area contributed by atoms with E-state index in [0.29, 0.717) is 37.2 Å². The Morgan fingerprint density at radius 3 is 2.37 bits per heavy atom. The number of methoxy groups -OCH3 is 1. The fraction of sp³-hybridized carbons (Fsp3) is 0.364. The van der Waals surface area contributed by atoms with Crippen molar-refractivity contribution < 1.29 is 22.7 Å². The maximum absolute atomic E-state index is 12.7. The number of amides is 1. The van der Waals surface area contributed by atoms with Gasteiger partial charge in [-0.1, -0.05) is 29.8 Å². The van der Waals surface area contributed by atoms with Gasteiger partial charge in [-0.2, -0.15) is 0 Å². The smallest absolute Gasteiger partial charge is 0.337 e. The summed E-state index contributed by atoms with van der Waals surface area (Å²) < 4.78 is 31.6. The number of carbonyl (C=O) groups excluding carboxylic acids is 2. The third-order valence-electron chi connectivity index (χ3n) is 5.22. The normalized spacial score (nSPS) is 15.5. The molecule has 0 radical (unpaired) electrons. The van der Waals surface area contributed by atoms with Crippen molar-refractivity contribution in [2.24, 2.45) is 5.92 Å². The van der Waals surface area contributed by atoms with E-state index < -0.39 is 16.0 Å². The maximum Gasteiger partial charge on any atom is 0.337 e. The van der Waals surface area contributed by atoms with E-state index in [1.807, 2.05) is 31.2 Å². The zero-order chi connectivity index (χ0) is 21.7. The summed E-state index contributed by atoms with van der Waals surface area (Å²) in [6, 6.07) is 13.9. The topological polar surface area (TPSA) is 92.8 Å². The van der Waals surface area contributed by atoms with Gasteiger partial charge in [-0.3, -0.25) is 4.79 Å². The van der Waals surface area contributed by atoms with Gasteiger partial charge >= 0.3 is 5.97 Å². The molecule has 1 N–H and O–H groups in total. The Morgan fingerprint density at radius 1 is 1.10 bits per heavy atom. The molecule has 0 bridgehead atoms. The van der Waals surface area contributed by atoms with E-state index in [0.717, 1.165) is 11.1 Å². The molecule has 8 heteroatoms. The van der Waals surface area contributed by atoms with Crippen LogP contribution in [-0.4, -0.2) is 44.8 Å². The highest BCUT2D eigenvalue weighted by molar-refractivity contribution is 7.88. The fourth-order valence-electron chi connectivity index (χ4n) is 3.55. The zero-order valence-electron chi connectivity index (χ0n) is 17.1. The molecule has 0 saturated carbocycles. The summed E-state index contributed by atoms with van der Waals surface area (Å²) >= 11 is 0. The number of nitrogens with one attached hydrogen (secondary N) is 1. The Morgan fingerprint density at radius 2 is 1.77 bits per heavy atom. The number of hydrogen-bond acceptors (Lipinski definition) is 5. The Hall–Kier alpha value is -2.71. The van der Waals surface area contributed by atoms with Crippen LogP contribution in [0.5, 0.6) is 0 Å². The molecule has 0 aliphatic carbocycles. The molecule has 1 saturated heterocycles. The summed E-state index contributed by atoms with van der Waals surface area (Å²) in [4.78, 5) is 24.0. The number of ether oxygens (including phenoxy) is 1. The number of rotatable bonds is 6. The SMILES string of the molecule is COC(=O)c1ccc(NC(=O)C2CCN(S(=O)(=O)Cc3cccc(C)c3)CC2)cc1. The zero-order valence-corrected chi connectivity index (χ0v) is 17.9. The van der Waals surface area contributed by atoms with Crippen LogP contribution in [0.3, 0.4) is 0 Å². The summed E-state index contributed by atoms with van der Waals surface area (Å²) in [6.45, 7) is 2.59. The van der Waals surface area contributed by atoms with Crippen LogP contribution < -0.4 is 5.32 Å². The quantitative estimate of drug-likeness (QED) is 0.712. The van der Waals surface area contributed by atoms with Crippen LogP contribution in [0.2, 0.25) is 0 Å². The minimum Gasteiger partial charge on any atom is -0.465 e. The van der Waals surface area contributed by atoms with Crippen molar-refractivity contribution >= 4 is 27.6 Å². The molecule has 3 rings (SSSR count). The second-order valence-corrected chi connectivity index (χ2v) is 9.45. The number of esters is 1. The van der Waals surface area contributed by atoms with Crippen molar-refractivity contribution in [3.8, 4) is 0 Å². The molecule has 1 fully saturated rings. The number of piperidine rings is 1. The Kier molecular flexibility index (Phi) is 6.89. The molecular formula is C22H26N2O5S. The first kappa shape index (κ1) is 22.0. The Labute approximate surface area is 177 Å². The van der Waals surface area contributed by atoms with Crippen molar-refractivity contribution in [2.75, 3.05) is 25.5 Å². The lowest BCUT2D eigenvalue weighted by Gasteiger charge is -2.30. The van der Waals surface area contributed by atoms with Gasteiger partial charge in [-0.05, 0) is 49.6 Å². The molecule has 0 unspecified atom stereocenters. The summed E-state index contributed by atoms with van der Waals surface area (Å²) in [7, 11) is -2.11. The molecule has 0 spiro atoms. The van der Waals surface area contributed by atoms with Crippen LogP contribution in [0.15, 0.2) is 48.5 Å². The maximum atomic E-state index is 12.7. The number of sulfonamides is 1. The first-order chi connectivity index (χ1) is 14.3. The lowest BCUT2D eigenvalue weighted by atomic mass is 9.97. The molecule has 0 aromatic heterocycles. The lowest BCUT2D eigenvalue weighted by molar-refractivity contribution is -0.120. The van der Waals surface area contributed by atoms with Gasteiger partial charge < -0.3 is 10.1 Å². The fourth-order valence-corrected chi connectivity index (χ4v) is 5.10. The van der Waals surface area contributed by atoms with Crippen LogP contribution >= 0.6 is 0 Å². The van der Waals surface area contributed by atoms with Gasteiger partial charge in [-0.25, -0.2) is 17.5 Å². The molecule has 160 valence electrons. The predicted octanol–water partition coefficient (Wildman–Crippen LogP) is 2.96. The van der Waals surface area contributed by atoms with E-state index in [-0.39, 0.29) is 17.6 Å². The number of hydrogen-bond donors (Lipinski definition) is 1. The lowest BCUT2D eigenvalue weighted by Crippen LogP contribution is -2.41. The van der Waals surface area contributed by atoms with E-state index in [1.165, 1.54) is 11.4 Å². The van der Waals surface area contributed by atoms with E-state index in [4.69, 9.17) is 0 Å². The van der Waals surface area contributed by atoms with Crippen LogP contribution in [-0.2, 0) is 25.3 Å². The van der Waals surface area contributed by atoms with Gasteiger partial charge in [0.25, 0.3) is 0 Å². The summed E-state index contributed by atoms with van der Waals surface area (Å²) in [5.41, 5.74) is 2.78. The Balaban J connectivity index is 1.54. The molecule has 1 aliphatic rings. The monoisotopic (exact) mass is 430 g/mol. The summed E-state index contributed by atoms with van der Waals surface area (Å²) in [5.74, 6) is -0.864. The standard InChI is InChI=1S/C22H26N2O5S/c1-16-4-3-5-17(14-16)15-30(27,28)24-12-10-18(11-13-24)21(25)23-20-8-6-19(7-9-20)22(26)29-2/h3-9,14,18H,10-13,15H2,1-2H3,(H,23,25). The van der Waals surface area contributed by atoms with Gasteiger partial charge in [0, 0.05) is 24.7 Å². The minimum absolute atomic E-state index is 0.0297. The van der Waals surface area contributed by atoms with Crippen molar-refractivity contribution in [3.63, 3.8) is 0 Å². The van der Waals surface area contributed by atoms with E-state index >= 15 is 0 Å². The predicted molar refractivity (Wildman–Crippen MR) is 115 cm³/mol. The largest absolute Gasteiger partial charge is 0.465 e. The third kappa shape index (κ3) is 5.46. The molecule has 1 aliphatic heterocycles. The van der Waals surface area contributed by atoms with E-state index in [2.05, 4.69) is 10.1 Å². The van der Waals surface area contributed by atoms with Gasteiger partial charge in [0.1, 0.15) is 0 Å². The van der Waals surface area contributed by atoms with Crippen LogP contribution in [0.1, 0.15) is 34.3 Å². The van der Waals surface area contributed by atoms with E-state index in [9.17, 15) is 18.0 Å². The van der Waals surface area contributed by atoms with Crippen molar-refractivity contribution in [1.82, 2.24) is 4.31 Å². The minimum atomic E-state index is -3.42. The summed E-state index contributed by atoms with van der Waals surface area (Å²) in [5, 5.41) is 2.84. The number of aryl methyl sites for hydroxylation is 1.